The Kier molecular flexibility index (Phi) is 15.3. The molecule has 0 radical (unpaired) electrons. The number of hydrogen-bond donors (Lipinski definition) is 3. The van der Waals surface area contributed by atoms with Crippen LogP contribution in [0.15, 0.2) is 0 Å². The first kappa shape index (κ1) is 32.5. The largest absolute Gasteiger partial charge is 0.356 e. The first-order valence-corrected chi connectivity index (χ1v) is 15.6. The molecule has 0 heterocycles. The van der Waals surface area contributed by atoms with Gasteiger partial charge in [0.1, 0.15) is 0 Å². The van der Waals surface area contributed by atoms with Crippen LogP contribution in [0.1, 0.15) is 92.4 Å². The van der Waals surface area contributed by atoms with Gasteiger partial charge in [-0.25, -0.2) is 0 Å². The van der Waals surface area contributed by atoms with Crippen LogP contribution in [0.3, 0.4) is 0 Å². The molecule has 2 unspecified atom stereocenters. The summed E-state index contributed by atoms with van der Waals surface area (Å²) in [5, 5.41) is 9.49. The molecular formula is C30H57N5O3. The predicted octanol–water partition coefficient (Wildman–Crippen LogP) is 3.41. The number of nitrogens with one attached hydrogen (secondary N) is 3. The van der Waals surface area contributed by atoms with E-state index in [1.54, 1.807) is 0 Å². The lowest BCUT2D eigenvalue weighted by Crippen LogP contribution is -2.49. The van der Waals surface area contributed by atoms with Crippen molar-refractivity contribution in [2.45, 2.75) is 98.4 Å². The van der Waals surface area contributed by atoms with Gasteiger partial charge in [0.15, 0.2) is 0 Å². The fourth-order valence-corrected chi connectivity index (χ4v) is 6.10. The van der Waals surface area contributed by atoms with Gasteiger partial charge in [-0.2, -0.15) is 0 Å². The summed E-state index contributed by atoms with van der Waals surface area (Å²) in [6.45, 7) is 18.2. The second-order valence-corrected chi connectivity index (χ2v) is 11.6. The minimum absolute atomic E-state index is 0.0225. The van der Waals surface area contributed by atoms with Crippen LogP contribution in [0.25, 0.3) is 0 Å². The molecule has 0 bridgehead atoms. The minimum atomic E-state index is -0.250. The Bertz CT molecular complexity index is 662. The lowest BCUT2D eigenvalue weighted by atomic mass is 9.77. The van der Waals surface area contributed by atoms with Crippen molar-refractivity contribution in [2.24, 2.45) is 23.7 Å². The van der Waals surface area contributed by atoms with Crippen LogP contribution in [0.5, 0.6) is 0 Å². The van der Waals surface area contributed by atoms with E-state index in [9.17, 15) is 14.4 Å². The molecule has 0 aliphatic heterocycles. The van der Waals surface area contributed by atoms with Crippen LogP contribution < -0.4 is 16.0 Å². The van der Waals surface area contributed by atoms with Crippen molar-refractivity contribution in [3.63, 3.8) is 0 Å². The van der Waals surface area contributed by atoms with E-state index >= 15 is 0 Å². The van der Waals surface area contributed by atoms with Gasteiger partial charge < -0.3 is 25.8 Å². The van der Waals surface area contributed by atoms with Crippen molar-refractivity contribution < 1.29 is 14.4 Å². The van der Waals surface area contributed by atoms with Gasteiger partial charge in [0.2, 0.25) is 17.7 Å². The first-order valence-electron chi connectivity index (χ1n) is 15.6. The molecule has 2 fully saturated rings. The van der Waals surface area contributed by atoms with Crippen molar-refractivity contribution in [3.05, 3.63) is 0 Å². The van der Waals surface area contributed by atoms with Crippen molar-refractivity contribution in [1.82, 2.24) is 25.8 Å². The molecular weight excluding hydrogens is 478 g/mol. The molecule has 220 valence electrons. The number of nitrogens with zero attached hydrogens (tertiary/aromatic N) is 2. The van der Waals surface area contributed by atoms with Gasteiger partial charge in [-0.05, 0) is 103 Å². The summed E-state index contributed by atoms with van der Waals surface area (Å²) in [6.07, 6.45) is 7.68. The number of carbonyl (C=O) groups excluding carboxylic acids is 3. The minimum Gasteiger partial charge on any atom is -0.356 e. The van der Waals surface area contributed by atoms with Crippen molar-refractivity contribution in [1.29, 1.82) is 0 Å². The lowest BCUT2D eigenvalue weighted by Gasteiger charge is -2.35. The van der Waals surface area contributed by atoms with E-state index in [0.717, 1.165) is 77.8 Å². The summed E-state index contributed by atoms with van der Waals surface area (Å²) in [6, 6.07) is -0.131. The third-order valence-corrected chi connectivity index (χ3v) is 8.87. The standard InChI is InChI=1S/C30H57N5O3/c1-6-34(7-2)18-10-16-31-28(36)25-20-26(29(37)32-17-11-19-35(8-3)9-4)22-27(21-25)33-30(38)24-14-12-23(5)13-15-24/h23-27H,6-22H2,1-5H3,(H,31,36)(H,32,37)(H,33,38). The zero-order chi connectivity index (χ0) is 27.9. The molecule has 2 aliphatic carbocycles. The SMILES string of the molecule is CCN(CC)CCCNC(=O)C1CC(NC(=O)C2CCC(C)CC2)CC(C(=O)NCCCN(CC)CC)C1. The van der Waals surface area contributed by atoms with E-state index in [4.69, 9.17) is 0 Å². The average molecular weight is 536 g/mol. The molecule has 0 saturated heterocycles. The van der Waals surface area contributed by atoms with Crippen LogP contribution in [-0.4, -0.2) is 85.9 Å². The summed E-state index contributed by atoms with van der Waals surface area (Å²) in [5.41, 5.74) is 0. The Balaban J connectivity index is 1.93. The molecule has 0 aromatic heterocycles. The van der Waals surface area contributed by atoms with E-state index in [1.807, 2.05) is 0 Å². The molecule has 8 heteroatoms. The van der Waals surface area contributed by atoms with Gasteiger partial charge >= 0.3 is 0 Å². The highest BCUT2D eigenvalue weighted by Gasteiger charge is 2.37. The van der Waals surface area contributed by atoms with Gasteiger partial charge in [0, 0.05) is 36.9 Å². The van der Waals surface area contributed by atoms with Crippen molar-refractivity contribution in [2.75, 3.05) is 52.4 Å². The highest BCUT2D eigenvalue weighted by atomic mass is 16.2. The van der Waals surface area contributed by atoms with E-state index in [1.165, 1.54) is 0 Å². The second-order valence-electron chi connectivity index (χ2n) is 11.6. The average Bonchev–Trinajstić information content (AvgIpc) is 2.93. The summed E-state index contributed by atoms with van der Waals surface area (Å²) in [5.74, 6) is 0.413. The number of amides is 3. The number of carbonyl (C=O) groups is 3. The summed E-state index contributed by atoms with van der Waals surface area (Å²) < 4.78 is 0. The van der Waals surface area contributed by atoms with E-state index in [2.05, 4.69) is 60.4 Å². The quantitative estimate of drug-likeness (QED) is 0.263. The van der Waals surface area contributed by atoms with Gasteiger partial charge in [0.05, 0.1) is 0 Å². The van der Waals surface area contributed by atoms with E-state index in [0.29, 0.717) is 38.3 Å². The Morgan fingerprint density at radius 2 is 1.08 bits per heavy atom. The summed E-state index contributed by atoms with van der Waals surface area (Å²) >= 11 is 0. The van der Waals surface area contributed by atoms with Crippen LogP contribution in [0.4, 0.5) is 0 Å². The number of hydrogen-bond acceptors (Lipinski definition) is 5. The number of rotatable bonds is 16. The van der Waals surface area contributed by atoms with Gasteiger partial charge in [0.25, 0.3) is 0 Å². The van der Waals surface area contributed by atoms with Crippen molar-refractivity contribution >= 4 is 17.7 Å². The molecule has 8 nitrogen and oxygen atoms in total. The monoisotopic (exact) mass is 535 g/mol. The normalized spacial score (nSPS) is 25.8. The Labute approximate surface area is 232 Å². The smallest absolute Gasteiger partial charge is 0.223 e. The zero-order valence-electron chi connectivity index (χ0n) is 25.0. The van der Waals surface area contributed by atoms with Crippen LogP contribution >= 0.6 is 0 Å². The lowest BCUT2D eigenvalue weighted by molar-refractivity contribution is -0.133. The highest BCUT2D eigenvalue weighted by Crippen LogP contribution is 2.32. The summed E-state index contributed by atoms with van der Waals surface area (Å²) in [7, 11) is 0. The van der Waals surface area contributed by atoms with Gasteiger partial charge in [-0.15, -0.1) is 0 Å². The second kappa shape index (κ2) is 17.8. The van der Waals surface area contributed by atoms with E-state index in [-0.39, 0.29) is 41.5 Å². The maximum atomic E-state index is 13.1. The maximum Gasteiger partial charge on any atom is 0.223 e. The van der Waals surface area contributed by atoms with E-state index < -0.39 is 0 Å². The Hall–Kier alpha value is -1.67. The van der Waals surface area contributed by atoms with Crippen LogP contribution in [-0.2, 0) is 14.4 Å². The van der Waals surface area contributed by atoms with Crippen LogP contribution in [0, 0.1) is 23.7 Å². The first-order chi connectivity index (χ1) is 18.3. The zero-order valence-corrected chi connectivity index (χ0v) is 25.0. The fourth-order valence-electron chi connectivity index (χ4n) is 6.10. The summed E-state index contributed by atoms with van der Waals surface area (Å²) in [4.78, 5) is 44.1. The molecule has 38 heavy (non-hydrogen) atoms. The molecule has 3 N–H and O–H groups in total. The molecule has 0 aromatic rings. The molecule has 2 saturated carbocycles. The molecule has 2 atom stereocenters. The molecule has 3 amide bonds. The Morgan fingerprint density at radius 1 is 0.632 bits per heavy atom. The maximum absolute atomic E-state index is 13.1. The molecule has 0 spiro atoms. The topological polar surface area (TPSA) is 93.8 Å². The van der Waals surface area contributed by atoms with Gasteiger partial charge in [-0.3, -0.25) is 14.4 Å². The molecule has 2 rings (SSSR count). The fraction of sp³-hybridized carbons (Fsp3) is 0.900. The van der Waals surface area contributed by atoms with Gasteiger partial charge in [-0.1, -0.05) is 34.6 Å². The third kappa shape index (κ3) is 11.2. The predicted molar refractivity (Wildman–Crippen MR) is 155 cm³/mol. The third-order valence-electron chi connectivity index (χ3n) is 8.87. The highest BCUT2D eigenvalue weighted by molar-refractivity contribution is 5.83. The van der Waals surface area contributed by atoms with Crippen LogP contribution in [0.2, 0.25) is 0 Å². The van der Waals surface area contributed by atoms with Crippen molar-refractivity contribution in [3.8, 4) is 0 Å². The Morgan fingerprint density at radius 3 is 1.50 bits per heavy atom. The molecule has 2 aliphatic rings. The molecule has 0 aromatic carbocycles.